The third kappa shape index (κ3) is 7.74. The van der Waals surface area contributed by atoms with Gasteiger partial charge in [-0.25, -0.2) is 0 Å². The second-order valence-corrected chi connectivity index (χ2v) is 34.1. The molecule has 4 nitrogen and oxygen atoms in total. The normalized spacial score (nSPS) is 24.5. The Bertz CT molecular complexity index is 3900. The molecule has 4 aliphatic carbocycles. The van der Waals surface area contributed by atoms with E-state index in [2.05, 4.69) is 250 Å². The minimum absolute atomic E-state index is 0.00145. The van der Waals surface area contributed by atoms with Gasteiger partial charge in [0.1, 0.15) is 5.58 Å². The second kappa shape index (κ2) is 17.1. The van der Waals surface area contributed by atoms with Crippen LogP contribution in [-0.4, -0.2) is 12.3 Å². The van der Waals surface area contributed by atoms with Gasteiger partial charge in [0.05, 0.1) is 16.9 Å². The molecule has 14 rings (SSSR count). The summed E-state index contributed by atoms with van der Waals surface area (Å²) < 4.78 is 7.94. The van der Waals surface area contributed by atoms with Crippen LogP contribution in [0, 0.1) is 0 Å². The van der Waals surface area contributed by atoms with E-state index < -0.39 is 0 Å². The summed E-state index contributed by atoms with van der Waals surface area (Å²) >= 11 is 0. The first kappa shape index (κ1) is 55.2. The van der Waals surface area contributed by atoms with Crippen LogP contribution >= 0.6 is 0 Å². The van der Waals surface area contributed by atoms with Crippen LogP contribution in [0.5, 0.6) is 0 Å². The van der Waals surface area contributed by atoms with Crippen LogP contribution in [0.1, 0.15) is 253 Å². The van der Waals surface area contributed by atoms with Gasteiger partial charge in [0.15, 0.2) is 0 Å². The third-order valence-electron chi connectivity index (χ3n) is 23.9. The summed E-state index contributed by atoms with van der Waals surface area (Å²) in [6.07, 6.45) is 11.7. The molecule has 0 saturated heterocycles. The topological polar surface area (TPSA) is 22.9 Å². The van der Waals surface area contributed by atoms with Crippen LogP contribution in [0.15, 0.2) is 101 Å². The third-order valence-corrected chi connectivity index (χ3v) is 23.9. The van der Waals surface area contributed by atoms with E-state index in [1.807, 2.05) is 0 Å². The van der Waals surface area contributed by atoms with Crippen LogP contribution in [0.4, 0.5) is 45.5 Å². The highest BCUT2D eigenvalue weighted by Gasteiger charge is 2.59. The highest BCUT2D eigenvalue weighted by molar-refractivity contribution is 7.00. The molecule has 2 atom stereocenters. The van der Waals surface area contributed by atoms with Gasteiger partial charge in [-0.15, -0.1) is 0 Å². The zero-order valence-electron chi connectivity index (χ0n) is 54.6. The van der Waals surface area contributed by atoms with Crippen molar-refractivity contribution in [3.05, 3.63) is 147 Å². The van der Waals surface area contributed by atoms with Crippen LogP contribution in [0.2, 0.25) is 0 Å². The maximum absolute atomic E-state index is 7.94. The number of furan rings is 1. The first-order chi connectivity index (χ1) is 38.6. The lowest BCUT2D eigenvalue weighted by Crippen LogP contribution is -2.61. The van der Waals surface area contributed by atoms with Crippen LogP contribution in [0.25, 0.3) is 11.0 Å². The number of nitrogens with zero attached hydrogens (tertiary/aromatic N) is 3. The van der Waals surface area contributed by atoms with Crippen LogP contribution in [-0.2, 0) is 48.7 Å². The molecule has 1 saturated carbocycles. The molecule has 0 bridgehead atoms. The number of rotatable bonds is 3. The van der Waals surface area contributed by atoms with E-state index in [0.717, 1.165) is 49.8 Å². The number of fused-ring (bicyclic) bond motifs is 12. The quantitative estimate of drug-likeness (QED) is 0.165. The molecule has 5 heteroatoms. The molecule has 7 aromatic rings. The number of hydrogen-bond acceptors (Lipinski definition) is 4. The van der Waals surface area contributed by atoms with E-state index in [-0.39, 0.29) is 61.0 Å². The van der Waals surface area contributed by atoms with Crippen molar-refractivity contribution in [2.24, 2.45) is 0 Å². The lowest BCUT2D eigenvalue weighted by atomic mass is 9.35. The van der Waals surface area contributed by atoms with Crippen molar-refractivity contribution in [3.63, 3.8) is 0 Å². The Morgan fingerprint density at radius 1 is 0.398 bits per heavy atom. The van der Waals surface area contributed by atoms with Crippen molar-refractivity contribution >= 4 is 79.8 Å². The smallest absolute Gasteiger partial charge is 0.297 e. The zero-order chi connectivity index (χ0) is 59.1. The number of anilines is 8. The molecule has 83 heavy (non-hydrogen) atoms. The van der Waals surface area contributed by atoms with E-state index in [1.54, 1.807) is 0 Å². The molecule has 2 unspecified atom stereocenters. The largest absolute Gasteiger partial charge is 0.468 e. The van der Waals surface area contributed by atoms with Gasteiger partial charge in [0.25, 0.3) is 6.71 Å². The lowest BCUT2D eigenvalue weighted by Gasteiger charge is -2.51. The highest BCUT2D eigenvalue weighted by atomic mass is 16.3. The van der Waals surface area contributed by atoms with Crippen molar-refractivity contribution in [3.8, 4) is 0 Å². The Kier molecular flexibility index (Phi) is 11.3. The van der Waals surface area contributed by atoms with Crippen LogP contribution in [0.3, 0.4) is 0 Å². The molecule has 0 spiro atoms. The van der Waals surface area contributed by atoms with E-state index in [4.69, 9.17) is 4.42 Å². The molecule has 1 fully saturated rings. The fourth-order valence-corrected chi connectivity index (χ4v) is 17.7. The molecule has 6 aromatic carbocycles. The van der Waals surface area contributed by atoms with Gasteiger partial charge in [-0.3, -0.25) is 0 Å². The van der Waals surface area contributed by atoms with Crippen molar-refractivity contribution in [1.82, 2.24) is 0 Å². The monoisotopic (exact) mass is 1100 g/mol. The Hall–Kier alpha value is -5.68. The molecule has 7 aliphatic rings. The van der Waals surface area contributed by atoms with Crippen molar-refractivity contribution < 1.29 is 4.42 Å². The van der Waals surface area contributed by atoms with Gasteiger partial charge in [0, 0.05) is 50.6 Å². The fourth-order valence-electron chi connectivity index (χ4n) is 17.7. The SMILES string of the molecule is CC(C)(C)c1ccc(N2c3cc4c(cc3B3c5oc6cc7c(cc6c5N(c5ccc6c(c5)C(C)(C)CCC6(C)C)c5cc(N6c8ccc(C(C)(C)C)cc8C8(C)CCCCC68C)cc2c53)C(C)(C)CCC7(C)C)C(C)(C)CCC4(C)C)cc1. The van der Waals surface area contributed by atoms with Gasteiger partial charge < -0.3 is 19.1 Å². The standard InChI is InChI=1S/C78H96BN3O/c1-69(2,3)47-23-26-49(27-24-47)80-62-45-57-56(74(13,14)36-37-75(57,15)16)44-60(62)79-66-63(80)41-51(82-61-30-25-48(70(4,5)6)39-59(61)77(19)31-21-22-32-78(77,82)20)42-64(66)81(50-28-29-53-54(40-50)72(9,10)34-33-71(53,7)8)67-52-43-55-58(46-65(52)83-68(67)79)76(17,18)38-35-73(55,11)12/h23-30,39-46H,21-22,31-38H2,1-20H3. The molecular weight excluding hydrogens is 1010 g/mol. The summed E-state index contributed by atoms with van der Waals surface area (Å²) in [4.78, 5) is 8.33. The minimum Gasteiger partial charge on any atom is -0.468 e. The van der Waals surface area contributed by atoms with E-state index in [1.165, 1.54) is 138 Å². The van der Waals surface area contributed by atoms with Crippen LogP contribution < -0.4 is 31.3 Å². The molecular formula is C78H96BN3O. The summed E-state index contributed by atoms with van der Waals surface area (Å²) in [5.41, 5.74) is 27.9. The van der Waals surface area contributed by atoms with Gasteiger partial charge in [0.2, 0.25) is 0 Å². The maximum Gasteiger partial charge on any atom is 0.297 e. The van der Waals surface area contributed by atoms with Crippen molar-refractivity contribution in [2.45, 2.75) is 257 Å². The van der Waals surface area contributed by atoms with Gasteiger partial charge in [-0.2, -0.15) is 0 Å². The van der Waals surface area contributed by atoms with Gasteiger partial charge in [-0.05, 0) is 223 Å². The molecule has 0 N–H and O–H groups in total. The predicted molar refractivity (Wildman–Crippen MR) is 356 cm³/mol. The summed E-state index contributed by atoms with van der Waals surface area (Å²) in [7, 11) is 0. The van der Waals surface area contributed by atoms with Gasteiger partial charge in [-0.1, -0.05) is 181 Å². The van der Waals surface area contributed by atoms with E-state index in [0.29, 0.717) is 0 Å². The molecule has 0 radical (unpaired) electrons. The van der Waals surface area contributed by atoms with E-state index in [9.17, 15) is 0 Å². The Balaban J connectivity index is 1.16. The molecule has 3 aliphatic heterocycles. The van der Waals surface area contributed by atoms with Crippen molar-refractivity contribution in [2.75, 3.05) is 14.7 Å². The summed E-state index contributed by atoms with van der Waals surface area (Å²) in [6.45, 7) is 49.1. The van der Waals surface area contributed by atoms with Gasteiger partial charge >= 0.3 is 0 Å². The molecule has 1 aromatic heterocycles. The fraction of sp³-hybridized carbons (Fsp3) is 0.513. The Morgan fingerprint density at radius 3 is 1.48 bits per heavy atom. The van der Waals surface area contributed by atoms with Crippen molar-refractivity contribution in [1.29, 1.82) is 0 Å². The maximum atomic E-state index is 7.94. The average molecular weight is 1100 g/mol. The summed E-state index contributed by atoms with van der Waals surface area (Å²) in [6, 6.07) is 40.7. The second-order valence-electron chi connectivity index (χ2n) is 34.1. The first-order valence-electron chi connectivity index (χ1n) is 32.4. The zero-order valence-corrected chi connectivity index (χ0v) is 54.6. The number of benzene rings is 6. The Morgan fingerprint density at radius 2 is 0.892 bits per heavy atom. The first-order valence-corrected chi connectivity index (χ1v) is 32.4. The number of hydrogen-bond donors (Lipinski definition) is 0. The average Bonchev–Trinajstić information content (AvgIpc) is 1.74. The molecule has 4 heterocycles. The molecule has 0 amide bonds. The lowest BCUT2D eigenvalue weighted by molar-refractivity contribution is 0.195. The van der Waals surface area contributed by atoms with E-state index >= 15 is 0 Å². The minimum atomic E-state index is -0.170. The predicted octanol–water partition coefficient (Wildman–Crippen LogP) is 19.9. The highest BCUT2D eigenvalue weighted by Crippen LogP contribution is 2.63. The summed E-state index contributed by atoms with van der Waals surface area (Å²) in [5, 5.41) is 1.23. The Labute approximate surface area is 500 Å². The molecule has 432 valence electrons. The summed E-state index contributed by atoms with van der Waals surface area (Å²) in [5.74, 6) is 0.